The van der Waals surface area contributed by atoms with E-state index in [0.29, 0.717) is 6.61 Å². The van der Waals surface area contributed by atoms with E-state index in [-0.39, 0.29) is 6.09 Å². The summed E-state index contributed by atoms with van der Waals surface area (Å²) >= 11 is 0. The van der Waals surface area contributed by atoms with Crippen LogP contribution in [0.15, 0.2) is 0 Å². The van der Waals surface area contributed by atoms with Crippen LogP contribution < -0.4 is 0 Å². The highest BCUT2D eigenvalue weighted by atomic mass is 16.6. The van der Waals surface area contributed by atoms with E-state index in [0.717, 1.165) is 25.9 Å². The van der Waals surface area contributed by atoms with Gasteiger partial charge in [-0.25, -0.2) is 4.79 Å². The van der Waals surface area contributed by atoms with Crippen LogP contribution in [0, 0.1) is 0 Å². The third kappa shape index (κ3) is 1.62. The minimum Gasteiger partial charge on any atom is -0.449 e. The Labute approximate surface area is 61.0 Å². The number of carbonyl (C=O) groups is 1. The fraction of sp³-hybridized carbons (Fsp3) is 0.857. The molecule has 0 N–H and O–H groups in total. The Kier molecular flexibility index (Phi) is 2.54. The zero-order valence-electron chi connectivity index (χ0n) is 6.30. The molecule has 1 fully saturated rings. The molecule has 0 saturated carbocycles. The maximum Gasteiger partial charge on any atom is 0.409 e. The lowest BCUT2D eigenvalue weighted by Crippen LogP contribution is -2.37. The summed E-state index contributed by atoms with van der Waals surface area (Å²) in [7, 11) is 0. The first-order valence-corrected chi connectivity index (χ1v) is 3.76. The van der Waals surface area contributed by atoms with Crippen LogP contribution in [0.5, 0.6) is 0 Å². The van der Waals surface area contributed by atoms with Gasteiger partial charge in [0, 0.05) is 13.1 Å². The third-order valence-electron chi connectivity index (χ3n) is 1.55. The van der Waals surface area contributed by atoms with Crippen LogP contribution in [0.25, 0.3) is 0 Å². The molecule has 1 aliphatic heterocycles. The number of hydrogen-bond donors (Lipinski definition) is 0. The summed E-state index contributed by atoms with van der Waals surface area (Å²) < 4.78 is 4.83. The van der Waals surface area contributed by atoms with Crippen LogP contribution in [-0.2, 0) is 4.74 Å². The standard InChI is InChI=1S/C7H13NO2/c1-2-4-8-5-3-6-10-7(8)9/h2-6H2,1H3. The zero-order valence-corrected chi connectivity index (χ0v) is 6.30. The van der Waals surface area contributed by atoms with Crippen molar-refractivity contribution in [3.05, 3.63) is 0 Å². The SMILES string of the molecule is CCCN1CCCOC1=O. The summed E-state index contributed by atoms with van der Waals surface area (Å²) in [6.07, 6.45) is 1.84. The van der Waals surface area contributed by atoms with Crippen LogP contribution in [-0.4, -0.2) is 30.7 Å². The van der Waals surface area contributed by atoms with Crippen molar-refractivity contribution >= 4 is 6.09 Å². The molecule has 3 nitrogen and oxygen atoms in total. The van der Waals surface area contributed by atoms with Gasteiger partial charge in [0.1, 0.15) is 0 Å². The van der Waals surface area contributed by atoms with Crippen molar-refractivity contribution < 1.29 is 9.53 Å². The molecule has 0 aromatic heterocycles. The molecular weight excluding hydrogens is 130 g/mol. The van der Waals surface area contributed by atoms with Gasteiger partial charge in [0.2, 0.25) is 0 Å². The lowest BCUT2D eigenvalue weighted by Gasteiger charge is -2.25. The molecule has 58 valence electrons. The molecule has 1 amide bonds. The van der Waals surface area contributed by atoms with E-state index in [2.05, 4.69) is 6.92 Å². The molecule has 0 radical (unpaired) electrons. The van der Waals surface area contributed by atoms with Crippen molar-refractivity contribution in [3.63, 3.8) is 0 Å². The van der Waals surface area contributed by atoms with Crippen LogP contribution in [0.4, 0.5) is 4.79 Å². The molecule has 0 unspecified atom stereocenters. The van der Waals surface area contributed by atoms with E-state index in [1.54, 1.807) is 4.90 Å². The lowest BCUT2D eigenvalue weighted by molar-refractivity contribution is 0.0730. The summed E-state index contributed by atoms with van der Waals surface area (Å²) in [5, 5.41) is 0. The Morgan fingerprint density at radius 1 is 1.70 bits per heavy atom. The second kappa shape index (κ2) is 3.44. The van der Waals surface area contributed by atoms with Crippen molar-refractivity contribution in [2.24, 2.45) is 0 Å². The Hall–Kier alpha value is -0.730. The van der Waals surface area contributed by atoms with Gasteiger partial charge in [0.05, 0.1) is 6.61 Å². The van der Waals surface area contributed by atoms with Gasteiger partial charge in [-0.05, 0) is 12.8 Å². The summed E-state index contributed by atoms with van der Waals surface area (Å²) in [5.74, 6) is 0. The first kappa shape index (κ1) is 7.38. The van der Waals surface area contributed by atoms with Gasteiger partial charge < -0.3 is 9.64 Å². The summed E-state index contributed by atoms with van der Waals surface area (Å²) in [4.78, 5) is 12.6. The molecule has 0 atom stereocenters. The molecule has 1 heterocycles. The third-order valence-corrected chi connectivity index (χ3v) is 1.55. The number of nitrogens with zero attached hydrogens (tertiary/aromatic N) is 1. The van der Waals surface area contributed by atoms with Gasteiger partial charge in [-0.3, -0.25) is 0 Å². The van der Waals surface area contributed by atoms with Gasteiger partial charge in [0.15, 0.2) is 0 Å². The molecule has 3 heteroatoms. The molecule has 0 spiro atoms. The van der Waals surface area contributed by atoms with Crippen molar-refractivity contribution in [1.82, 2.24) is 4.90 Å². The normalized spacial score (nSPS) is 18.9. The number of carbonyl (C=O) groups excluding carboxylic acids is 1. The summed E-state index contributed by atoms with van der Waals surface area (Å²) in [5.41, 5.74) is 0. The minimum absolute atomic E-state index is 0.145. The Morgan fingerprint density at radius 3 is 3.10 bits per heavy atom. The number of rotatable bonds is 2. The fourth-order valence-corrected chi connectivity index (χ4v) is 1.07. The topological polar surface area (TPSA) is 29.5 Å². The number of ether oxygens (including phenoxy) is 1. The molecule has 1 aliphatic rings. The smallest absolute Gasteiger partial charge is 0.409 e. The van der Waals surface area contributed by atoms with Gasteiger partial charge in [-0.15, -0.1) is 0 Å². The second-order valence-corrected chi connectivity index (χ2v) is 2.45. The average molecular weight is 143 g/mol. The van der Waals surface area contributed by atoms with Crippen molar-refractivity contribution in [1.29, 1.82) is 0 Å². The van der Waals surface area contributed by atoms with Crippen molar-refractivity contribution in [3.8, 4) is 0 Å². The Balaban J connectivity index is 2.32. The van der Waals surface area contributed by atoms with Gasteiger partial charge in [-0.1, -0.05) is 6.92 Å². The molecule has 1 rings (SSSR count). The van der Waals surface area contributed by atoms with Gasteiger partial charge in [0.25, 0.3) is 0 Å². The van der Waals surface area contributed by atoms with E-state index in [4.69, 9.17) is 4.74 Å². The number of amides is 1. The first-order valence-electron chi connectivity index (χ1n) is 3.76. The number of hydrogen-bond acceptors (Lipinski definition) is 2. The highest BCUT2D eigenvalue weighted by Crippen LogP contribution is 2.04. The monoisotopic (exact) mass is 143 g/mol. The summed E-state index contributed by atoms with van der Waals surface area (Å²) in [6.45, 7) is 4.35. The molecule has 0 aromatic rings. The predicted molar refractivity (Wildman–Crippen MR) is 37.8 cm³/mol. The Bertz CT molecular complexity index is 123. The maximum absolute atomic E-state index is 10.9. The van der Waals surface area contributed by atoms with Crippen LogP contribution >= 0.6 is 0 Å². The molecule has 0 aromatic carbocycles. The van der Waals surface area contributed by atoms with Gasteiger partial charge in [-0.2, -0.15) is 0 Å². The Morgan fingerprint density at radius 2 is 2.50 bits per heavy atom. The highest BCUT2D eigenvalue weighted by molar-refractivity contribution is 5.68. The molecule has 1 saturated heterocycles. The largest absolute Gasteiger partial charge is 0.449 e. The minimum atomic E-state index is -0.145. The average Bonchev–Trinajstić information content (AvgIpc) is 1.94. The maximum atomic E-state index is 10.9. The predicted octanol–water partition coefficient (Wildman–Crippen LogP) is 1.24. The van der Waals surface area contributed by atoms with E-state index >= 15 is 0 Å². The van der Waals surface area contributed by atoms with E-state index in [1.165, 1.54) is 0 Å². The van der Waals surface area contributed by atoms with Crippen LogP contribution in [0.2, 0.25) is 0 Å². The fourth-order valence-electron chi connectivity index (χ4n) is 1.07. The van der Waals surface area contributed by atoms with Crippen LogP contribution in [0.1, 0.15) is 19.8 Å². The van der Waals surface area contributed by atoms with Crippen molar-refractivity contribution in [2.75, 3.05) is 19.7 Å². The van der Waals surface area contributed by atoms with E-state index in [1.807, 2.05) is 0 Å². The zero-order chi connectivity index (χ0) is 7.40. The van der Waals surface area contributed by atoms with E-state index < -0.39 is 0 Å². The molecule has 0 bridgehead atoms. The van der Waals surface area contributed by atoms with Gasteiger partial charge >= 0.3 is 6.09 Å². The van der Waals surface area contributed by atoms with Crippen LogP contribution in [0.3, 0.4) is 0 Å². The first-order chi connectivity index (χ1) is 4.84. The number of cyclic esters (lactones) is 1. The lowest BCUT2D eigenvalue weighted by atomic mass is 10.3. The quantitative estimate of drug-likeness (QED) is 0.582. The molecule has 0 aliphatic carbocycles. The van der Waals surface area contributed by atoms with E-state index in [9.17, 15) is 4.79 Å². The molecular formula is C7H13NO2. The second-order valence-electron chi connectivity index (χ2n) is 2.45. The summed E-state index contributed by atoms with van der Waals surface area (Å²) in [6, 6.07) is 0. The van der Waals surface area contributed by atoms with Crippen molar-refractivity contribution in [2.45, 2.75) is 19.8 Å². The highest BCUT2D eigenvalue weighted by Gasteiger charge is 2.17. The molecule has 10 heavy (non-hydrogen) atoms.